The van der Waals surface area contributed by atoms with Crippen LogP contribution in [0.1, 0.15) is 21.8 Å². The Kier molecular flexibility index (Phi) is 3.57. The number of aromatic carboxylic acids is 1. The Morgan fingerprint density at radius 3 is 2.32 bits per heavy atom. The molecule has 0 amide bonds. The molecule has 2 rings (SSSR count). The van der Waals surface area contributed by atoms with Gasteiger partial charge in [0.2, 0.25) is 0 Å². The second-order valence-corrected chi connectivity index (χ2v) is 4.76. The van der Waals surface area contributed by atoms with Crippen molar-refractivity contribution in [1.29, 1.82) is 0 Å². The molecule has 0 saturated carbocycles. The summed E-state index contributed by atoms with van der Waals surface area (Å²) in [6, 6.07) is 1.52. The molecule has 0 unspecified atom stereocenters. The molecular formula is C12H9F2NO3S. The maximum absolute atomic E-state index is 13.7. The number of oxazole rings is 1. The van der Waals surface area contributed by atoms with E-state index in [4.69, 9.17) is 9.52 Å². The van der Waals surface area contributed by atoms with Gasteiger partial charge in [0.15, 0.2) is 0 Å². The molecule has 1 heterocycles. The normalized spacial score (nSPS) is 10.7. The first-order valence-corrected chi connectivity index (χ1v) is 6.04. The Morgan fingerprint density at radius 1 is 1.32 bits per heavy atom. The van der Waals surface area contributed by atoms with Crippen molar-refractivity contribution in [2.75, 3.05) is 0 Å². The molecule has 0 radical (unpaired) electrons. The Balaban J connectivity index is 2.38. The van der Waals surface area contributed by atoms with E-state index >= 15 is 0 Å². The summed E-state index contributed by atoms with van der Waals surface area (Å²) in [7, 11) is 0. The summed E-state index contributed by atoms with van der Waals surface area (Å²) in [5, 5.41) is 8.79. The van der Waals surface area contributed by atoms with Crippen LogP contribution in [-0.4, -0.2) is 16.1 Å². The van der Waals surface area contributed by atoms with Crippen LogP contribution in [-0.2, 0) is 0 Å². The van der Waals surface area contributed by atoms with Gasteiger partial charge in [-0.1, -0.05) is 0 Å². The van der Waals surface area contributed by atoms with E-state index in [1.165, 1.54) is 0 Å². The molecule has 0 aliphatic rings. The van der Waals surface area contributed by atoms with Crippen LogP contribution >= 0.6 is 11.8 Å². The smallest absolute Gasteiger partial charge is 0.335 e. The van der Waals surface area contributed by atoms with E-state index in [1.54, 1.807) is 13.8 Å². The van der Waals surface area contributed by atoms with Gasteiger partial charge in [0.25, 0.3) is 5.22 Å². The second kappa shape index (κ2) is 5.00. The fourth-order valence-electron chi connectivity index (χ4n) is 1.36. The van der Waals surface area contributed by atoms with Gasteiger partial charge in [-0.2, -0.15) is 0 Å². The van der Waals surface area contributed by atoms with Gasteiger partial charge in [-0.05, 0) is 37.7 Å². The minimum absolute atomic E-state index is 0.107. The molecule has 0 aliphatic heterocycles. The zero-order valence-corrected chi connectivity index (χ0v) is 10.8. The summed E-state index contributed by atoms with van der Waals surface area (Å²) in [5.74, 6) is -2.76. The highest BCUT2D eigenvalue weighted by Crippen LogP contribution is 2.33. The topological polar surface area (TPSA) is 63.3 Å². The molecular weight excluding hydrogens is 276 g/mol. The molecule has 19 heavy (non-hydrogen) atoms. The maximum atomic E-state index is 13.7. The molecule has 0 atom stereocenters. The summed E-state index contributed by atoms with van der Waals surface area (Å²) in [6.45, 7) is 3.40. The lowest BCUT2D eigenvalue weighted by molar-refractivity contribution is 0.0695. The lowest BCUT2D eigenvalue weighted by Crippen LogP contribution is -2.00. The van der Waals surface area contributed by atoms with Crippen LogP contribution in [0.2, 0.25) is 0 Å². The summed E-state index contributed by atoms with van der Waals surface area (Å²) >= 11 is 0.676. The zero-order chi connectivity index (χ0) is 14.2. The fraction of sp³-hybridized carbons (Fsp3) is 0.167. The minimum atomic E-state index is -1.39. The van der Waals surface area contributed by atoms with Gasteiger partial charge in [0, 0.05) is 0 Å². The lowest BCUT2D eigenvalue weighted by atomic mass is 10.2. The Hall–Kier alpha value is -1.89. The first-order valence-electron chi connectivity index (χ1n) is 5.22. The molecule has 1 aromatic carbocycles. The van der Waals surface area contributed by atoms with Crippen molar-refractivity contribution in [2.24, 2.45) is 0 Å². The first-order chi connectivity index (χ1) is 8.88. The van der Waals surface area contributed by atoms with Crippen molar-refractivity contribution in [2.45, 2.75) is 24.0 Å². The number of carbonyl (C=O) groups is 1. The standard InChI is InChI=1S/C12H9F2NO3S/c1-5-6(2)18-12(15-5)19-10-8(13)3-7(11(16)17)4-9(10)14/h3-4H,1-2H3,(H,16,17). The van der Waals surface area contributed by atoms with Gasteiger partial charge in [0.05, 0.1) is 16.2 Å². The molecule has 7 heteroatoms. The van der Waals surface area contributed by atoms with E-state index in [1.807, 2.05) is 0 Å². The molecule has 0 saturated heterocycles. The number of aromatic nitrogens is 1. The number of carboxylic acid groups (broad SMARTS) is 1. The van der Waals surface area contributed by atoms with Gasteiger partial charge in [-0.15, -0.1) is 0 Å². The summed E-state index contributed by atoms with van der Waals surface area (Å²) in [6.07, 6.45) is 0. The van der Waals surface area contributed by atoms with E-state index in [-0.39, 0.29) is 10.1 Å². The SMILES string of the molecule is Cc1nc(Sc2c(F)cc(C(=O)O)cc2F)oc1C. The van der Waals surface area contributed by atoms with Gasteiger partial charge in [-0.25, -0.2) is 18.6 Å². The molecule has 0 bridgehead atoms. The average molecular weight is 285 g/mol. The predicted molar refractivity (Wildman–Crippen MR) is 63.4 cm³/mol. The van der Waals surface area contributed by atoms with Crippen molar-refractivity contribution >= 4 is 17.7 Å². The average Bonchev–Trinajstić information content (AvgIpc) is 2.63. The fourth-order valence-corrected chi connectivity index (χ4v) is 2.19. The van der Waals surface area contributed by atoms with Crippen LogP contribution in [0.4, 0.5) is 8.78 Å². The molecule has 100 valence electrons. The maximum Gasteiger partial charge on any atom is 0.335 e. The third kappa shape index (κ3) is 2.76. The number of carboxylic acids is 1. The Bertz CT molecular complexity index is 612. The van der Waals surface area contributed by atoms with Gasteiger partial charge < -0.3 is 9.52 Å². The molecule has 0 aliphatic carbocycles. The number of benzene rings is 1. The summed E-state index contributed by atoms with van der Waals surface area (Å²) < 4.78 is 32.5. The van der Waals surface area contributed by atoms with Gasteiger partial charge >= 0.3 is 5.97 Å². The molecule has 1 N–H and O–H groups in total. The van der Waals surface area contributed by atoms with Crippen LogP contribution in [0.25, 0.3) is 0 Å². The summed E-state index contributed by atoms with van der Waals surface area (Å²) in [4.78, 5) is 14.3. The zero-order valence-electron chi connectivity index (χ0n) is 10.0. The number of rotatable bonds is 3. The highest BCUT2D eigenvalue weighted by molar-refractivity contribution is 7.99. The quantitative estimate of drug-likeness (QED) is 0.936. The minimum Gasteiger partial charge on any atom is -0.478 e. The second-order valence-electron chi connectivity index (χ2n) is 3.80. The lowest BCUT2D eigenvalue weighted by Gasteiger charge is -2.03. The molecule has 1 aromatic heterocycles. The van der Waals surface area contributed by atoms with Crippen molar-refractivity contribution in [1.82, 2.24) is 4.98 Å². The highest BCUT2D eigenvalue weighted by atomic mass is 32.2. The third-order valence-electron chi connectivity index (χ3n) is 2.44. The van der Waals surface area contributed by atoms with Crippen molar-refractivity contribution in [3.8, 4) is 0 Å². The largest absolute Gasteiger partial charge is 0.478 e. The molecule has 2 aromatic rings. The van der Waals surface area contributed by atoms with Crippen LogP contribution in [0.5, 0.6) is 0 Å². The highest BCUT2D eigenvalue weighted by Gasteiger charge is 2.18. The van der Waals surface area contributed by atoms with E-state index in [0.717, 1.165) is 12.1 Å². The van der Waals surface area contributed by atoms with Crippen LogP contribution in [0.15, 0.2) is 26.7 Å². The number of halogens is 2. The first kappa shape index (κ1) is 13.5. The third-order valence-corrected chi connectivity index (χ3v) is 3.39. The van der Waals surface area contributed by atoms with Crippen molar-refractivity contribution < 1.29 is 23.1 Å². The van der Waals surface area contributed by atoms with E-state index in [2.05, 4.69) is 4.98 Å². The number of hydrogen-bond donors (Lipinski definition) is 1. The van der Waals surface area contributed by atoms with Crippen LogP contribution in [0, 0.1) is 25.5 Å². The Morgan fingerprint density at radius 2 is 1.89 bits per heavy atom. The van der Waals surface area contributed by atoms with Crippen molar-refractivity contribution in [3.05, 3.63) is 40.8 Å². The van der Waals surface area contributed by atoms with Gasteiger partial charge in [-0.3, -0.25) is 0 Å². The molecule has 0 spiro atoms. The Labute approximate surface area is 111 Å². The van der Waals surface area contributed by atoms with E-state index in [9.17, 15) is 13.6 Å². The number of hydrogen-bond acceptors (Lipinski definition) is 4. The van der Waals surface area contributed by atoms with E-state index in [0.29, 0.717) is 23.2 Å². The number of nitrogens with zero attached hydrogens (tertiary/aromatic N) is 1. The van der Waals surface area contributed by atoms with Gasteiger partial charge in [0.1, 0.15) is 17.4 Å². The monoisotopic (exact) mass is 285 g/mol. The number of aryl methyl sites for hydroxylation is 2. The molecule has 0 fully saturated rings. The van der Waals surface area contributed by atoms with Crippen molar-refractivity contribution in [3.63, 3.8) is 0 Å². The molecule has 4 nitrogen and oxygen atoms in total. The summed E-state index contributed by atoms with van der Waals surface area (Å²) in [5.41, 5.74) is 0.185. The predicted octanol–water partition coefficient (Wildman–Crippen LogP) is 3.42. The van der Waals surface area contributed by atoms with Crippen LogP contribution in [0.3, 0.4) is 0 Å². The van der Waals surface area contributed by atoms with Crippen LogP contribution < -0.4 is 0 Å². The van der Waals surface area contributed by atoms with E-state index < -0.39 is 23.2 Å².